The molecule has 0 aliphatic carbocycles. The number of carboxylic acid groups (broad SMARTS) is 1. The quantitative estimate of drug-likeness (QED) is 0.519. The molecule has 0 bridgehead atoms. The Morgan fingerprint density at radius 3 is 2.31 bits per heavy atom. The zero-order valence-corrected chi connectivity index (χ0v) is 8.26. The van der Waals surface area contributed by atoms with Crippen LogP contribution in [-0.4, -0.2) is 60.0 Å². The number of hydrogen-bond acceptors (Lipinski definition) is 5. The zero-order chi connectivity index (χ0) is 12.1. The highest BCUT2D eigenvalue weighted by Crippen LogP contribution is 1.96. The fourth-order valence-corrected chi connectivity index (χ4v) is 1.13. The molecule has 1 fully saturated rings. The van der Waals surface area contributed by atoms with Crippen molar-refractivity contribution in [3.05, 3.63) is 0 Å². The van der Waals surface area contributed by atoms with Gasteiger partial charge < -0.3 is 14.7 Å². The summed E-state index contributed by atoms with van der Waals surface area (Å²) in [6, 6.07) is 0. The summed E-state index contributed by atoms with van der Waals surface area (Å²) in [6.45, 7) is -1.51. The van der Waals surface area contributed by atoms with Crippen LogP contribution in [0.2, 0.25) is 0 Å². The molecule has 16 heavy (non-hydrogen) atoms. The Labute approximate surface area is 90.2 Å². The molecule has 1 heterocycles. The molecule has 0 unspecified atom stereocenters. The lowest BCUT2D eigenvalue weighted by Crippen LogP contribution is -2.54. The third-order valence-corrected chi connectivity index (χ3v) is 1.75. The molecule has 1 rings (SSSR count). The molecule has 1 aliphatic heterocycles. The van der Waals surface area contributed by atoms with E-state index in [2.05, 4.69) is 4.74 Å². The van der Waals surface area contributed by atoms with Crippen molar-refractivity contribution in [3.8, 4) is 0 Å². The Morgan fingerprint density at radius 1 is 1.25 bits per heavy atom. The van der Waals surface area contributed by atoms with Gasteiger partial charge in [-0.15, -0.1) is 0 Å². The fraction of sp³-hybridized carbons (Fsp3) is 0.500. The number of carbonyl (C=O) groups is 4. The van der Waals surface area contributed by atoms with Crippen molar-refractivity contribution in [2.24, 2.45) is 0 Å². The molecule has 2 N–H and O–H groups in total. The summed E-state index contributed by atoms with van der Waals surface area (Å²) in [7, 11) is 0. The molecule has 8 heteroatoms. The summed E-state index contributed by atoms with van der Waals surface area (Å²) < 4.78 is 4.55. The number of piperazine rings is 1. The Kier molecular flexibility index (Phi) is 3.95. The molecule has 3 amide bonds. The summed E-state index contributed by atoms with van der Waals surface area (Å²) >= 11 is 0. The summed E-state index contributed by atoms with van der Waals surface area (Å²) in [4.78, 5) is 44.3. The minimum Gasteiger partial charge on any atom is -0.480 e. The van der Waals surface area contributed by atoms with Crippen LogP contribution in [0, 0.1) is 0 Å². The third-order valence-electron chi connectivity index (χ3n) is 1.75. The number of imide groups is 1. The molecule has 0 spiro atoms. The average Bonchev–Trinajstić information content (AvgIpc) is 2.15. The number of rotatable bonds is 4. The maximum Gasteiger partial charge on any atom is 0.329 e. The van der Waals surface area contributed by atoms with Gasteiger partial charge in [0.2, 0.25) is 17.7 Å². The molecule has 0 aromatic carbocycles. The van der Waals surface area contributed by atoms with Gasteiger partial charge in [-0.25, -0.2) is 4.79 Å². The molecule has 0 saturated carbocycles. The van der Waals surface area contributed by atoms with Crippen LogP contribution in [0.5, 0.6) is 0 Å². The first-order valence-corrected chi connectivity index (χ1v) is 4.39. The number of nitrogens with one attached hydrogen (secondary N) is 1. The second-order valence-corrected chi connectivity index (χ2v) is 3.11. The first-order chi connectivity index (χ1) is 7.49. The van der Waals surface area contributed by atoms with Crippen LogP contribution >= 0.6 is 0 Å². The van der Waals surface area contributed by atoms with Crippen LogP contribution < -0.4 is 5.32 Å². The van der Waals surface area contributed by atoms with E-state index in [0.29, 0.717) is 0 Å². The third kappa shape index (κ3) is 3.65. The highest BCUT2D eigenvalue weighted by molar-refractivity contribution is 6.02. The second-order valence-electron chi connectivity index (χ2n) is 3.11. The van der Waals surface area contributed by atoms with Crippen molar-refractivity contribution >= 4 is 23.7 Å². The number of aliphatic carboxylic acids is 1. The molecular weight excluding hydrogens is 220 g/mol. The molecule has 1 saturated heterocycles. The van der Waals surface area contributed by atoms with Crippen LogP contribution in [-0.2, 0) is 23.9 Å². The lowest BCUT2D eigenvalue weighted by Gasteiger charge is -2.25. The van der Waals surface area contributed by atoms with Crippen molar-refractivity contribution in [2.75, 3.05) is 26.3 Å². The van der Waals surface area contributed by atoms with E-state index in [4.69, 9.17) is 5.11 Å². The van der Waals surface area contributed by atoms with E-state index in [-0.39, 0.29) is 13.1 Å². The van der Waals surface area contributed by atoms with Crippen LogP contribution in [0.15, 0.2) is 0 Å². The lowest BCUT2D eigenvalue weighted by atomic mass is 10.3. The van der Waals surface area contributed by atoms with E-state index in [1.807, 2.05) is 5.32 Å². The number of amides is 3. The Hall–Kier alpha value is -1.96. The van der Waals surface area contributed by atoms with E-state index in [9.17, 15) is 19.2 Å². The maximum atomic E-state index is 11.3. The van der Waals surface area contributed by atoms with Gasteiger partial charge in [0.25, 0.3) is 0 Å². The predicted octanol–water partition coefficient (Wildman–Crippen LogP) is -2.43. The number of hydrogen-bond donors (Lipinski definition) is 2. The fourth-order valence-electron chi connectivity index (χ4n) is 1.13. The normalized spacial score (nSPS) is 15.9. The van der Waals surface area contributed by atoms with E-state index in [0.717, 1.165) is 4.90 Å². The van der Waals surface area contributed by atoms with E-state index in [1.54, 1.807) is 0 Å². The molecule has 1 aliphatic rings. The molecule has 8 nitrogen and oxygen atoms in total. The number of ether oxygens (including phenoxy) is 1. The molecule has 0 aromatic rings. The van der Waals surface area contributed by atoms with Gasteiger partial charge in [0.05, 0.1) is 0 Å². The van der Waals surface area contributed by atoms with Gasteiger partial charge in [-0.1, -0.05) is 0 Å². The van der Waals surface area contributed by atoms with Crippen LogP contribution in [0.1, 0.15) is 0 Å². The first kappa shape index (κ1) is 12.1. The van der Waals surface area contributed by atoms with Crippen molar-refractivity contribution < 1.29 is 29.0 Å². The number of carboxylic acids is 1. The standard InChI is InChI=1S/C8H10N2O6/c11-5-1-10(2-6(12)9-5)7(13)3-16-4-8(14)15/h1-4H2,(H,14,15)(H,9,11,12). The second kappa shape index (κ2) is 5.21. The Bertz CT molecular complexity index is 323. The van der Waals surface area contributed by atoms with Gasteiger partial charge >= 0.3 is 5.97 Å². The molecule has 0 radical (unpaired) electrons. The first-order valence-electron chi connectivity index (χ1n) is 4.39. The van der Waals surface area contributed by atoms with E-state index >= 15 is 0 Å². The van der Waals surface area contributed by atoms with Crippen molar-refractivity contribution in [1.82, 2.24) is 10.2 Å². The zero-order valence-electron chi connectivity index (χ0n) is 8.26. The van der Waals surface area contributed by atoms with Crippen molar-refractivity contribution in [1.29, 1.82) is 0 Å². The van der Waals surface area contributed by atoms with Crippen molar-refractivity contribution in [3.63, 3.8) is 0 Å². The summed E-state index contributed by atoms with van der Waals surface area (Å²) in [5, 5.41) is 10.3. The van der Waals surface area contributed by atoms with Gasteiger partial charge in [0.15, 0.2) is 0 Å². The van der Waals surface area contributed by atoms with Crippen LogP contribution in [0.3, 0.4) is 0 Å². The smallest absolute Gasteiger partial charge is 0.329 e. The van der Waals surface area contributed by atoms with Crippen LogP contribution in [0.25, 0.3) is 0 Å². The van der Waals surface area contributed by atoms with E-state index < -0.39 is 36.9 Å². The largest absolute Gasteiger partial charge is 0.480 e. The van der Waals surface area contributed by atoms with Crippen molar-refractivity contribution in [2.45, 2.75) is 0 Å². The van der Waals surface area contributed by atoms with Gasteiger partial charge in [-0.2, -0.15) is 0 Å². The topological polar surface area (TPSA) is 113 Å². The number of nitrogens with zero attached hydrogens (tertiary/aromatic N) is 1. The highest BCUT2D eigenvalue weighted by Gasteiger charge is 2.26. The van der Waals surface area contributed by atoms with Gasteiger partial charge in [0, 0.05) is 0 Å². The average molecular weight is 230 g/mol. The van der Waals surface area contributed by atoms with Gasteiger partial charge in [-0.3, -0.25) is 19.7 Å². The lowest BCUT2D eigenvalue weighted by molar-refractivity contribution is -0.151. The minimum absolute atomic E-state index is 0.221. The van der Waals surface area contributed by atoms with Gasteiger partial charge in [0.1, 0.15) is 26.3 Å². The Morgan fingerprint density at radius 2 is 1.81 bits per heavy atom. The minimum atomic E-state index is -1.19. The van der Waals surface area contributed by atoms with E-state index in [1.165, 1.54) is 0 Å². The number of carbonyl (C=O) groups excluding carboxylic acids is 3. The Balaban J connectivity index is 2.38. The highest BCUT2D eigenvalue weighted by atomic mass is 16.5. The summed E-state index contributed by atoms with van der Waals surface area (Å²) in [5.74, 6) is -2.92. The monoisotopic (exact) mass is 230 g/mol. The van der Waals surface area contributed by atoms with Crippen LogP contribution in [0.4, 0.5) is 0 Å². The molecule has 0 atom stereocenters. The SMILES string of the molecule is O=C(O)COCC(=O)N1CC(=O)NC(=O)C1. The molecular formula is C8H10N2O6. The summed E-state index contributed by atoms with van der Waals surface area (Å²) in [5.41, 5.74) is 0. The molecule has 88 valence electrons. The maximum absolute atomic E-state index is 11.3. The van der Waals surface area contributed by atoms with Gasteiger partial charge in [-0.05, 0) is 0 Å². The predicted molar refractivity (Wildman–Crippen MR) is 48.2 cm³/mol. The molecule has 0 aromatic heterocycles. The summed E-state index contributed by atoms with van der Waals surface area (Å²) in [6.07, 6.45) is 0.